The minimum atomic E-state index is 0.506. The molecule has 0 bridgehead atoms. The normalized spacial score (nSPS) is 12.9. The van der Waals surface area contributed by atoms with Gasteiger partial charge in [0.25, 0.3) is 0 Å². The van der Waals surface area contributed by atoms with E-state index in [2.05, 4.69) is 98.9 Å². The second kappa shape index (κ2) is 20.6. The van der Waals surface area contributed by atoms with Crippen molar-refractivity contribution in [2.24, 2.45) is 5.92 Å². The van der Waals surface area contributed by atoms with Crippen molar-refractivity contribution in [1.29, 1.82) is 0 Å². The first-order valence-electron chi connectivity index (χ1n) is 20.7. The Kier molecular flexibility index (Phi) is 14.9. The maximum Gasteiger partial charge on any atom is 0.226 e. The maximum absolute atomic E-state index is 6.17. The van der Waals surface area contributed by atoms with Gasteiger partial charge in [-0.1, -0.05) is 129 Å². The molecule has 0 amide bonds. The molecular formula is C50H55ClN8. The van der Waals surface area contributed by atoms with Crippen LogP contribution in [0.3, 0.4) is 0 Å². The second-order valence-corrected chi connectivity index (χ2v) is 15.3. The van der Waals surface area contributed by atoms with Crippen LogP contribution in [0.15, 0.2) is 134 Å². The summed E-state index contributed by atoms with van der Waals surface area (Å²) in [4.78, 5) is 16.0. The quantitative estimate of drug-likeness (QED) is 0.0951. The summed E-state index contributed by atoms with van der Waals surface area (Å²) in [6, 6.07) is 33.3. The molecule has 1 saturated heterocycles. The Morgan fingerprint density at radius 2 is 1.59 bits per heavy atom. The third kappa shape index (κ3) is 11.4. The number of fused-ring (bicyclic) bond motifs is 2. The Morgan fingerprint density at radius 3 is 2.31 bits per heavy atom. The van der Waals surface area contributed by atoms with Gasteiger partial charge in [-0.25, -0.2) is 9.97 Å². The Morgan fingerprint density at radius 1 is 0.847 bits per heavy atom. The van der Waals surface area contributed by atoms with Crippen molar-refractivity contribution >= 4 is 39.7 Å². The van der Waals surface area contributed by atoms with Gasteiger partial charge in [-0.3, -0.25) is 4.98 Å². The molecule has 1 aliphatic heterocycles. The summed E-state index contributed by atoms with van der Waals surface area (Å²) in [5.74, 6) is 2.22. The molecule has 0 spiro atoms. The van der Waals surface area contributed by atoms with E-state index >= 15 is 0 Å². The summed E-state index contributed by atoms with van der Waals surface area (Å²) in [7, 11) is 0. The molecule has 3 aromatic carbocycles. The lowest BCUT2D eigenvalue weighted by molar-refractivity contribution is 0.400. The first-order chi connectivity index (χ1) is 28.7. The van der Waals surface area contributed by atoms with Crippen LogP contribution in [0.5, 0.6) is 0 Å². The second-order valence-electron chi connectivity index (χ2n) is 14.9. The summed E-state index contributed by atoms with van der Waals surface area (Å²) in [5, 5.41) is 15.3. The fraction of sp³-hybridized carbons (Fsp3) is 0.280. The van der Waals surface area contributed by atoms with Crippen LogP contribution in [0.2, 0.25) is 5.15 Å². The smallest absolute Gasteiger partial charge is 0.226 e. The van der Waals surface area contributed by atoms with Gasteiger partial charge in [0.2, 0.25) is 5.95 Å². The molecule has 0 saturated carbocycles. The zero-order chi connectivity index (χ0) is 41.7. The summed E-state index contributed by atoms with van der Waals surface area (Å²) >= 11 is 6.17. The van der Waals surface area contributed by atoms with Crippen molar-refractivity contribution < 1.29 is 0 Å². The third-order valence-electron chi connectivity index (χ3n) is 10.4. The van der Waals surface area contributed by atoms with Gasteiger partial charge in [0.15, 0.2) is 11.5 Å². The minimum Gasteiger partial charge on any atom is -0.341 e. The van der Waals surface area contributed by atoms with Crippen molar-refractivity contribution in [2.75, 3.05) is 18.0 Å². The zero-order valence-electron chi connectivity index (χ0n) is 35.1. The van der Waals surface area contributed by atoms with Crippen molar-refractivity contribution in [3.05, 3.63) is 173 Å². The molecule has 0 atom stereocenters. The number of hydrogen-bond donors (Lipinski definition) is 0. The van der Waals surface area contributed by atoms with E-state index in [9.17, 15) is 0 Å². The molecule has 8 rings (SSSR count). The average Bonchev–Trinajstić information content (AvgIpc) is 3.66. The monoisotopic (exact) mass is 802 g/mol. The minimum absolute atomic E-state index is 0.506. The van der Waals surface area contributed by atoms with Gasteiger partial charge in [-0.2, -0.15) is 9.61 Å². The van der Waals surface area contributed by atoms with Crippen LogP contribution in [0, 0.1) is 12.8 Å². The molecule has 302 valence electrons. The Bertz CT molecular complexity index is 2500. The van der Waals surface area contributed by atoms with Crippen molar-refractivity contribution in [2.45, 2.75) is 73.1 Å². The lowest BCUT2D eigenvalue weighted by atomic mass is 9.89. The summed E-state index contributed by atoms with van der Waals surface area (Å²) in [6.45, 7) is 19.8. The fourth-order valence-corrected chi connectivity index (χ4v) is 7.62. The molecular weight excluding hydrogens is 748 g/mol. The molecule has 0 aliphatic carbocycles. The van der Waals surface area contributed by atoms with E-state index in [-0.39, 0.29) is 0 Å². The predicted octanol–water partition coefficient (Wildman–Crippen LogP) is 11.8. The average molecular weight is 803 g/mol. The number of hydrogen-bond acceptors (Lipinski definition) is 7. The van der Waals surface area contributed by atoms with Crippen LogP contribution in [0.25, 0.3) is 33.4 Å². The number of piperidine rings is 1. The van der Waals surface area contributed by atoms with Crippen LogP contribution in [0.4, 0.5) is 5.95 Å². The van der Waals surface area contributed by atoms with Crippen LogP contribution in [-0.2, 0) is 25.7 Å². The molecule has 7 aromatic rings. The van der Waals surface area contributed by atoms with Crippen LogP contribution in [-0.4, -0.2) is 47.9 Å². The van der Waals surface area contributed by atoms with Crippen LogP contribution >= 0.6 is 11.6 Å². The van der Waals surface area contributed by atoms with Gasteiger partial charge < -0.3 is 4.90 Å². The summed E-state index contributed by atoms with van der Waals surface area (Å²) in [6.07, 6.45) is 11.7. The zero-order valence-corrected chi connectivity index (χ0v) is 35.8. The molecule has 9 heteroatoms. The molecule has 0 N–H and O–H groups in total. The highest BCUT2D eigenvalue weighted by molar-refractivity contribution is 6.29. The van der Waals surface area contributed by atoms with Gasteiger partial charge in [0.05, 0.1) is 11.2 Å². The van der Waals surface area contributed by atoms with Gasteiger partial charge in [-0.05, 0) is 111 Å². The lowest BCUT2D eigenvalue weighted by Crippen LogP contribution is -2.35. The molecule has 5 heterocycles. The van der Waals surface area contributed by atoms with E-state index in [4.69, 9.17) is 21.7 Å². The van der Waals surface area contributed by atoms with Crippen molar-refractivity contribution in [1.82, 2.24) is 34.8 Å². The Balaban J connectivity index is 0.000000291. The number of halogens is 1. The number of nitrogens with zero attached hydrogens (tertiary/aromatic N) is 8. The maximum atomic E-state index is 6.17. The number of rotatable bonds is 11. The largest absolute Gasteiger partial charge is 0.341 e. The van der Waals surface area contributed by atoms with E-state index in [0.29, 0.717) is 11.1 Å². The number of aromatic nitrogens is 7. The highest BCUT2D eigenvalue weighted by Crippen LogP contribution is 2.27. The number of aryl methyl sites for hydroxylation is 3. The Hall–Kier alpha value is -5.99. The molecule has 59 heavy (non-hydrogen) atoms. The number of anilines is 1. The molecule has 1 fully saturated rings. The van der Waals surface area contributed by atoms with Gasteiger partial charge in [0, 0.05) is 42.4 Å². The highest BCUT2D eigenvalue weighted by Gasteiger charge is 2.22. The lowest BCUT2D eigenvalue weighted by Gasteiger charge is -2.32. The first-order valence-corrected chi connectivity index (χ1v) is 21.0. The SMILES string of the molecule is C=C(/C=C\C)Cc1ccc(C(=C)C)cc1.CC.Cc1cc(Cl)nc(N2CCC(Cc3ccc4c(CCc5nnc6ccc(-c7ccccc7)nn56)ccnc4c3)CC2)n1. The van der Waals surface area contributed by atoms with E-state index in [1.807, 2.05) is 87.8 Å². The van der Waals surface area contributed by atoms with E-state index < -0.39 is 0 Å². The van der Waals surface area contributed by atoms with Gasteiger partial charge in [0.1, 0.15) is 5.15 Å². The van der Waals surface area contributed by atoms with E-state index in [1.165, 1.54) is 27.6 Å². The van der Waals surface area contributed by atoms with Crippen LogP contribution < -0.4 is 4.90 Å². The number of allylic oxidation sites excluding steroid dienone is 4. The summed E-state index contributed by atoms with van der Waals surface area (Å²) < 4.78 is 1.87. The fourth-order valence-electron chi connectivity index (χ4n) is 7.39. The topological polar surface area (TPSA) is 85.0 Å². The molecule has 0 unspecified atom stereocenters. The predicted molar refractivity (Wildman–Crippen MR) is 246 cm³/mol. The van der Waals surface area contributed by atoms with Crippen LogP contribution in [0.1, 0.15) is 74.3 Å². The van der Waals surface area contributed by atoms with Crippen molar-refractivity contribution in [3.63, 3.8) is 0 Å². The van der Waals surface area contributed by atoms with Crippen molar-refractivity contribution in [3.8, 4) is 11.3 Å². The molecule has 0 radical (unpaired) electrons. The highest BCUT2D eigenvalue weighted by atomic mass is 35.5. The van der Waals surface area contributed by atoms with Gasteiger partial charge in [-0.15, -0.1) is 10.2 Å². The molecule has 8 nitrogen and oxygen atoms in total. The van der Waals surface area contributed by atoms with E-state index in [0.717, 1.165) is 103 Å². The number of benzene rings is 3. The van der Waals surface area contributed by atoms with E-state index in [1.54, 1.807) is 6.07 Å². The molecule has 4 aromatic heterocycles. The standard InChI is InChI=1S/C33H31ClN8.C15H18.C2H6/c1-22-19-30(34)37-33(36-22)41-17-14-23(15-18-41)20-24-7-9-27-25(13-16-35-29(27)21-24)8-11-31-38-39-32-12-10-28(40-42(31)32)26-5-3-2-4-6-26;1-5-6-13(4)11-14-7-9-15(10-8-14)12(2)3;1-2/h2-7,9-10,12-13,16,19,21,23H,8,11,14-15,17-18,20H2,1H3;5-10H,2,4,11H2,1,3H3;1-2H3/b;6-5-;. The summed E-state index contributed by atoms with van der Waals surface area (Å²) in [5.41, 5.74) is 12.0. The van der Waals surface area contributed by atoms with Gasteiger partial charge >= 0.3 is 0 Å². The third-order valence-corrected chi connectivity index (χ3v) is 10.6. The number of pyridine rings is 1. The molecule has 1 aliphatic rings. The first kappa shape index (κ1) is 42.6. The Labute approximate surface area is 354 Å².